The Morgan fingerprint density at radius 2 is 2.00 bits per heavy atom. The number of non-ortho nitro benzene ring substituents is 1. The number of Topliss-reactive ketones (excluding diaryl/α,β-unsaturated/α-hetero) is 1. The summed E-state index contributed by atoms with van der Waals surface area (Å²) in [6.07, 6.45) is -3.19. The van der Waals surface area contributed by atoms with E-state index in [1.807, 2.05) is 0 Å². The fraction of sp³-hybridized carbons (Fsp3) is 0.407. The van der Waals surface area contributed by atoms with E-state index in [1.165, 1.54) is 18.5 Å². The highest BCUT2D eigenvalue weighted by Crippen LogP contribution is 2.32. The Morgan fingerprint density at radius 1 is 1.27 bits per heavy atom. The lowest BCUT2D eigenvalue weighted by Gasteiger charge is -2.33. The van der Waals surface area contributed by atoms with Gasteiger partial charge in [-0.15, -0.1) is 0 Å². The minimum atomic E-state index is -1.80. The number of aliphatic hydroxyl groups is 2. The van der Waals surface area contributed by atoms with Crippen molar-refractivity contribution < 1.29 is 34.1 Å². The van der Waals surface area contributed by atoms with Crippen LogP contribution in [0.2, 0.25) is 0 Å². The van der Waals surface area contributed by atoms with Crippen LogP contribution < -0.4 is 5.73 Å². The number of aliphatic hydroxyl groups excluding tert-OH is 2. The smallest absolute Gasteiger partial charge is 0.269 e. The summed E-state index contributed by atoms with van der Waals surface area (Å²) in [6.45, 7) is 1.44. The number of benzene rings is 2. The molecule has 3 aliphatic heterocycles. The van der Waals surface area contributed by atoms with Gasteiger partial charge in [-0.2, -0.15) is 0 Å². The number of ketones is 1. The van der Waals surface area contributed by atoms with E-state index in [-0.39, 0.29) is 30.5 Å². The molecule has 3 heterocycles. The fourth-order valence-electron chi connectivity index (χ4n) is 4.91. The molecule has 2 aromatic carbocycles. The highest BCUT2D eigenvalue weighted by atomic mass is 16.7. The molecule has 216 valence electrons. The number of nitrogens with zero attached hydrogens (tertiary/aromatic N) is 5. The zero-order chi connectivity index (χ0) is 29.1. The molecule has 3 aliphatic rings. The van der Waals surface area contributed by atoms with Crippen LogP contribution in [0.25, 0.3) is 0 Å². The minimum Gasteiger partial charge on any atom is -0.394 e. The Labute approximate surface area is 234 Å². The molecule has 2 unspecified atom stereocenters. The minimum absolute atomic E-state index is 0.00330. The number of fused-ring (bicyclic) bond motifs is 1. The topological polar surface area (TPSA) is 195 Å². The normalized spacial score (nSPS) is 27.8. The van der Waals surface area contributed by atoms with Gasteiger partial charge in [-0.1, -0.05) is 42.5 Å². The van der Waals surface area contributed by atoms with E-state index < -0.39 is 53.8 Å². The number of carbonyl (C=O) groups is 1. The van der Waals surface area contributed by atoms with Crippen LogP contribution in [-0.4, -0.2) is 100 Å². The number of rotatable bonds is 11. The third kappa shape index (κ3) is 5.66. The average molecular weight is 567 g/mol. The van der Waals surface area contributed by atoms with Gasteiger partial charge in [0.2, 0.25) is 11.4 Å². The van der Waals surface area contributed by atoms with E-state index in [9.17, 15) is 25.1 Å². The molecule has 0 spiro atoms. The first-order valence-electron chi connectivity index (χ1n) is 13.0. The van der Waals surface area contributed by atoms with Crippen LogP contribution in [0.4, 0.5) is 5.69 Å². The zero-order valence-corrected chi connectivity index (χ0v) is 22.1. The lowest BCUT2D eigenvalue weighted by Crippen LogP contribution is -2.59. The van der Waals surface area contributed by atoms with Gasteiger partial charge in [-0.25, -0.2) is 9.98 Å². The monoisotopic (exact) mass is 566 g/mol. The van der Waals surface area contributed by atoms with E-state index in [1.54, 1.807) is 54.3 Å². The molecule has 2 aromatic rings. The molecular formula is C27H30N6O8. The summed E-state index contributed by atoms with van der Waals surface area (Å²) in [4.78, 5) is 38.3. The van der Waals surface area contributed by atoms with Gasteiger partial charge < -0.3 is 29.3 Å². The van der Waals surface area contributed by atoms with E-state index in [0.29, 0.717) is 12.0 Å². The maximum absolute atomic E-state index is 13.3. The van der Waals surface area contributed by atoms with Crippen LogP contribution in [0.3, 0.4) is 0 Å². The molecule has 0 bridgehead atoms. The molecule has 14 heteroatoms. The van der Waals surface area contributed by atoms with Gasteiger partial charge in [0, 0.05) is 17.7 Å². The van der Waals surface area contributed by atoms with Crippen molar-refractivity contribution in [1.82, 2.24) is 4.90 Å². The third-order valence-electron chi connectivity index (χ3n) is 7.09. The highest BCUT2D eigenvalue weighted by Gasteiger charge is 2.53. The standard InChI is InChI=1S/C27H30N6O8/c1-16(39-12-11-17-7-9-19(10-8-17)33(37)38)40-22-21(35)20(13-34)41-26(22)32-15-30-23-25(32)29-14-31-27(23,28)24(36)18-5-3-2-4-6-18/h2-10,14,16,20-22,26,34-35H,11-13,15,28H2,1H3/t16?,20-,21-,22-,26-,27?/m1/s1. The second-order valence-electron chi connectivity index (χ2n) is 9.73. The molecule has 0 radical (unpaired) electrons. The molecule has 0 aromatic heterocycles. The zero-order valence-electron chi connectivity index (χ0n) is 22.1. The first-order chi connectivity index (χ1) is 19.7. The fourth-order valence-corrected chi connectivity index (χ4v) is 4.91. The van der Waals surface area contributed by atoms with Crippen molar-refractivity contribution in [2.24, 2.45) is 20.7 Å². The van der Waals surface area contributed by atoms with Crippen molar-refractivity contribution in [3.8, 4) is 0 Å². The van der Waals surface area contributed by atoms with Gasteiger partial charge in [-0.3, -0.25) is 25.6 Å². The van der Waals surface area contributed by atoms with E-state index in [2.05, 4.69) is 15.0 Å². The summed E-state index contributed by atoms with van der Waals surface area (Å²) in [7, 11) is 0. The maximum atomic E-state index is 13.3. The molecule has 0 amide bonds. The van der Waals surface area contributed by atoms with Crippen molar-refractivity contribution in [3.63, 3.8) is 0 Å². The lowest BCUT2D eigenvalue weighted by atomic mass is 9.93. The summed E-state index contributed by atoms with van der Waals surface area (Å²) in [5, 5.41) is 31.6. The van der Waals surface area contributed by atoms with Crippen LogP contribution in [0.15, 0.2) is 69.6 Å². The Morgan fingerprint density at radius 3 is 2.68 bits per heavy atom. The van der Waals surface area contributed by atoms with Crippen LogP contribution in [0.1, 0.15) is 22.8 Å². The summed E-state index contributed by atoms with van der Waals surface area (Å²) in [5.74, 6) is -0.200. The van der Waals surface area contributed by atoms with Gasteiger partial charge in [0.25, 0.3) is 5.69 Å². The Kier molecular flexibility index (Phi) is 8.30. The highest BCUT2D eigenvalue weighted by molar-refractivity contribution is 6.52. The van der Waals surface area contributed by atoms with E-state index >= 15 is 0 Å². The molecular weight excluding hydrogens is 536 g/mol. The number of aliphatic imine (C=N–C) groups is 3. The summed E-state index contributed by atoms with van der Waals surface area (Å²) in [5.41, 5.74) is 6.08. The first kappa shape index (κ1) is 28.6. The molecule has 14 nitrogen and oxygen atoms in total. The van der Waals surface area contributed by atoms with E-state index in [0.717, 1.165) is 5.56 Å². The lowest BCUT2D eigenvalue weighted by molar-refractivity contribution is -0.384. The molecule has 41 heavy (non-hydrogen) atoms. The van der Waals surface area contributed by atoms with Gasteiger partial charge >= 0.3 is 0 Å². The molecule has 1 saturated heterocycles. The number of ether oxygens (including phenoxy) is 3. The number of nitro groups is 1. The predicted molar refractivity (Wildman–Crippen MR) is 147 cm³/mol. The number of hydrogen-bond donors (Lipinski definition) is 3. The van der Waals surface area contributed by atoms with Crippen molar-refractivity contribution in [2.75, 3.05) is 19.9 Å². The van der Waals surface area contributed by atoms with Crippen molar-refractivity contribution in [2.45, 2.75) is 49.8 Å². The molecule has 6 atom stereocenters. The van der Waals surface area contributed by atoms with Gasteiger partial charge in [0.05, 0.1) is 18.1 Å². The predicted octanol–water partition coefficient (Wildman–Crippen LogP) is 0.656. The number of nitro benzene ring substituents is 1. The number of carbonyl (C=O) groups excluding carboxylic acids is 1. The number of amidine groups is 1. The SMILES string of the molecule is CC(OCCc1ccc([N+](=O)[O-])cc1)O[C@@H]1[C@H](O)[C@@H](CO)O[C@H]1N1CN=C2C1=NC=NC2(N)C(=O)c1ccccc1. The summed E-state index contributed by atoms with van der Waals surface area (Å²) < 4.78 is 17.8. The molecule has 4 N–H and O–H groups in total. The largest absolute Gasteiger partial charge is 0.394 e. The van der Waals surface area contributed by atoms with Crippen molar-refractivity contribution in [1.29, 1.82) is 0 Å². The molecule has 5 rings (SSSR count). The molecule has 0 saturated carbocycles. The first-order valence-corrected chi connectivity index (χ1v) is 13.0. The Hall–Kier alpha value is -3.92. The van der Waals surface area contributed by atoms with Crippen molar-refractivity contribution in [3.05, 3.63) is 75.8 Å². The van der Waals surface area contributed by atoms with Crippen LogP contribution >= 0.6 is 0 Å². The van der Waals surface area contributed by atoms with Crippen LogP contribution in [-0.2, 0) is 20.6 Å². The second kappa shape index (κ2) is 11.9. The maximum Gasteiger partial charge on any atom is 0.269 e. The summed E-state index contributed by atoms with van der Waals surface area (Å²) in [6, 6.07) is 14.7. The van der Waals surface area contributed by atoms with Crippen LogP contribution in [0.5, 0.6) is 0 Å². The van der Waals surface area contributed by atoms with Crippen molar-refractivity contribution >= 4 is 29.4 Å². The van der Waals surface area contributed by atoms with Gasteiger partial charge in [0.1, 0.15) is 37.0 Å². The summed E-state index contributed by atoms with van der Waals surface area (Å²) >= 11 is 0. The average Bonchev–Trinajstić information content (AvgIpc) is 3.55. The number of nitrogens with two attached hydrogens (primary N) is 1. The molecule has 1 fully saturated rings. The number of hydrogen-bond acceptors (Lipinski definition) is 13. The van der Waals surface area contributed by atoms with Crippen LogP contribution in [0, 0.1) is 10.1 Å². The Balaban J connectivity index is 1.26. The second-order valence-corrected chi connectivity index (χ2v) is 9.73. The Bertz CT molecular complexity index is 1370. The van der Waals surface area contributed by atoms with Gasteiger partial charge in [0.15, 0.2) is 18.4 Å². The van der Waals surface area contributed by atoms with E-state index in [4.69, 9.17) is 19.9 Å². The molecule has 0 aliphatic carbocycles. The third-order valence-corrected chi connectivity index (χ3v) is 7.09. The van der Waals surface area contributed by atoms with Gasteiger partial charge in [-0.05, 0) is 18.9 Å². The quantitative estimate of drug-likeness (QED) is 0.150.